The van der Waals surface area contributed by atoms with Crippen LogP contribution in [0.4, 0.5) is 11.4 Å². The SMILES string of the molecule is O=C(c1cccc([N+](=O)[O-])c1)[C@H]1[C@H]2C(=O)N(c3ccc(Cl)cc3)C(=O)[C@@H]2[C@H]2C=CC=NN21. The number of halogens is 1. The van der Waals surface area contributed by atoms with E-state index in [-0.39, 0.29) is 11.3 Å². The summed E-state index contributed by atoms with van der Waals surface area (Å²) < 4.78 is 0. The zero-order chi connectivity index (χ0) is 22.6. The van der Waals surface area contributed by atoms with Gasteiger partial charge < -0.3 is 0 Å². The average Bonchev–Trinajstić information content (AvgIpc) is 3.27. The number of nitrogens with zero attached hydrogens (tertiary/aromatic N) is 4. The van der Waals surface area contributed by atoms with Crippen molar-refractivity contribution >= 4 is 46.8 Å². The van der Waals surface area contributed by atoms with E-state index in [9.17, 15) is 24.5 Å². The second-order valence-corrected chi connectivity index (χ2v) is 8.11. The van der Waals surface area contributed by atoms with E-state index in [0.29, 0.717) is 10.7 Å². The summed E-state index contributed by atoms with van der Waals surface area (Å²) in [5.74, 6) is -3.22. The van der Waals surface area contributed by atoms with Crippen LogP contribution in [0.3, 0.4) is 0 Å². The maximum Gasteiger partial charge on any atom is 0.270 e. The lowest BCUT2D eigenvalue weighted by Gasteiger charge is -2.30. The normalized spacial score (nSPS) is 25.8. The Labute approximate surface area is 186 Å². The van der Waals surface area contributed by atoms with Crippen LogP contribution >= 0.6 is 11.6 Å². The number of carbonyl (C=O) groups excluding carboxylic acids is 3. The molecule has 32 heavy (non-hydrogen) atoms. The van der Waals surface area contributed by atoms with Gasteiger partial charge in [-0.1, -0.05) is 29.8 Å². The van der Waals surface area contributed by atoms with Crippen molar-refractivity contribution < 1.29 is 19.3 Å². The molecule has 160 valence electrons. The summed E-state index contributed by atoms with van der Waals surface area (Å²) in [7, 11) is 0. The number of hydrazone groups is 1. The Morgan fingerprint density at radius 3 is 2.50 bits per heavy atom. The number of non-ortho nitro benzene ring substituents is 1. The van der Waals surface area contributed by atoms with Gasteiger partial charge in [-0.3, -0.25) is 29.5 Å². The number of carbonyl (C=O) groups is 3. The van der Waals surface area contributed by atoms with E-state index >= 15 is 0 Å². The van der Waals surface area contributed by atoms with Gasteiger partial charge in [-0.2, -0.15) is 5.10 Å². The number of rotatable bonds is 4. The highest BCUT2D eigenvalue weighted by Crippen LogP contribution is 2.46. The first kappa shape index (κ1) is 20.1. The largest absolute Gasteiger partial charge is 0.292 e. The zero-order valence-electron chi connectivity index (χ0n) is 16.4. The minimum atomic E-state index is -1.07. The predicted molar refractivity (Wildman–Crippen MR) is 115 cm³/mol. The summed E-state index contributed by atoms with van der Waals surface area (Å²) in [4.78, 5) is 52.0. The highest BCUT2D eigenvalue weighted by molar-refractivity contribution is 6.31. The van der Waals surface area contributed by atoms with Crippen LogP contribution in [0.15, 0.2) is 65.8 Å². The van der Waals surface area contributed by atoms with Crippen molar-refractivity contribution in [3.63, 3.8) is 0 Å². The van der Waals surface area contributed by atoms with E-state index in [1.54, 1.807) is 36.4 Å². The minimum Gasteiger partial charge on any atom is -0.292 e. The molecule has 2 fully saturated rings. The molecular weight excluding hydrogens is 436 g/mol. The van der Waals surface area contributed by atoms with Crippen LogP contribution in [-0.2, 0) is 9.59 Å². The predicted octanol–water partition coefficient (Wildman–Crippen LogP) is 2.85. The number of benzene rings is 2. The second-order valence-electron chi connectivity index (χ2n) is 7.68. The van der Waals surface area contributed by atoms with Crippen LogP contribution in [0.25, 0.3) is 0 Å². The van der Waals surface area contributed by atoms with Gasteiger partial charge in [0, 0.05) is 28.9 Å². The quantitative estimate of drug-likeness (QED) is 0.306. The number of imide groups is 1. The third-order valence-electron chi connectivity index (χ3n) is 5.99. The average molecular weight is 451 g/mol. The van der Waals surface area contributed by atoms with Gasteiger partial charge in [-0.15, -0.1) is 0 Å². The maximum atomic E-state index is 13.5. The van der Waals surface area contributed by atoms with Crippen molar-refractivity contribution in [2.24, 2.45) is 16.9 Å². The van der Waals surface area contributed by atoms with Crippen molar-refractivity contribution in [2.45, 2.75) is 12.1 Å². The summed E-state index contributed by atoms with van der Waals surface area (Å²) in [6.07, 6.45) is 4.89. The standard InChI is InChI=1S/C22H15ClN4O5/c23-13-6-8-14(9-7-13)25-21(29)17-16-5-2-10-24-26(16)19(18(17)22(25)30)20(28)12-3-1-4-15(11-12)27(31)32/h1-11,16-19H/t16-,17-,18+,19-/m1/s1. The molecule has 0 aromatic heterocycles. The molecule has 10 heteroatoms. The number of hydrogen-bond donors (Lipinski definition) is 0. The number of ketones is 1. The Kier molecular flexibility index (Phi) is 4.63. The molecule has 0 unspecified atom stereocenters. The topological polar surface area (TPSA) is 113 Å². The Bertz CT molecular complexity index is 1230. The van der Waals surface area contributed by atoms with Crippen LogP contribution < -0.4 is 4.90 Å². The Morgan fingerprint density at radius 1 is 1.06 bits per heavy atom. The molecular formula is C22H15ClN4O5. The smallest absolute Gasteiger partial charge is 0.270 e. The fourth-order valence-corrected chi connectivity index (χ4v) is 4.75. The monoisotopic (exact) mass is 450 g/mol. The first-order chi connectivity index (χ1) is 15.4. The summed E-state index contributed by atoms with van der Waals surface area (Å²) in [5, 5.41) is 17.4. The lowest BCUT2D eigenvalue weighted by Crippen LogP contribution is -2.46. The highest BCUT2D eigenvalue weighted by Gasteiger charge is 2.64. The maximum absolute atomic E-state index is 13.5. The van der Waals surface area contributed by atoms with Crippen molar-refractivity contribution in [3.05, 3.63) is 81.4 Å². The van der Waals surface area contributed by atoms with E-state index in [1.807, 2.05) is 0 Å². The van der Waals surface area contributed by atoms with Gasteiger partial charge in [0.05, 0.1) is 28.5 Å². The van der Waals surface area contributed by atoms with Gasteiger partial charge in [0.15, 0.2) is 5.78 Å². The van der Waals surface area contributed by atoms with Gasteiger partial charge >= 0.3 is 0 Å². The number of amides is 2. The van der Waals surface area contributed by atoms with E-state index in [1.165, 1.54) is 35.5 Å². The Balaban J connectivity index is 1.57. The second kappa shape index (κ2) is 7.38. The molecule has 0 radical (unpaired) electrons. The van der Waals surface area contributed by atoms with Crippen LogP contribution in [0.2, 0.25) is 5.02 Å². The van der Waals surface area contributed by atoms with Gasteiger partial charge in [-0.05, 0) is 30.3 Å². The zero-order valence-corrected chi connectivity index (χ0v) is 17.1. The number of hydrogen-bond acceptors (Lipinski definition) is 7. The molecule has 0 bridgehead atoms. The van der Waals surface area contributed by atoms with Crippen molar-refractivity contribution in [1.29, 1.82) is 0 Å². The third-order valence-corrected chi connectivity index (χ3v) is 6.24. The number of allylic oxidation sites excluding steroid dienone is 1. The summed E-state index contributed by atoms with van der Waals surface area (Å²) >= 11 is 5.93. The third kappa shape index (κ3) is 2.93. The molecule has 5 rings (SSSR count). The molecule has 2 amide bonds. The van der Waals surface area contributed by atoms with Crippen LogP contribution in [0.1, 0.15) is 10.4 Å². The summed E-state index contributed by atoms with van der Waals surface area (Å²) in [6, 6.07) is 9.98. The van der Waals surface area contributed by atoms with Gasteiger partial charge in [0.1, 0.15) is 6.04 Å². The number of Topliss-reactive ketones (excluding diaryl/α,β-unsaturated/α-hetero) is 1. The van der Waals surface area contributed by atoms with Crippen molar-refractivity contribution in [3.8, 4) is 0 Å². The first-order valence-electron chi connectivity index (χ1n) is 9.79. The molecule has 3 aliphatic heterocycles. The van der Waals surface area contributed by atoms with E-state index in [4.69, 9.17) is 11.6 Å². The van der Waals surface area contributed by atoms with E-state index in [2.05, 4.69) is 5.10 Å². The molecule has 2 aromatic rings. The molecule has 0 saturated carbocycles. The van der Waals surface area contributed by atoms with Gasteiger partial charge in [-0.25, -0.2) is 4.90 Å². The molecule has 9 nitrogen and oxygen atoms in total. The van der Waals surface area contributed by atoms with Crippen molar-refractivity contribution in [2.75, 3.05) is 4.90 Å². The van der Waals surface area contributed by atoms with E-state index < -0.39 is 46.4 Å². The number of nitro benzene ring substituents is 1. The minimum absolute atomic E-state index is 0.0820. The molecule has 3 aliphatic rings. The summed E-state index contributed by atoms with van der Waals surface area (Å²) in [6.45, 7) is 0. The van der Waals surface area contributed by atoms with Crippen LogP contribution in [0, 0.1) is 22.0 Å². The van der Waals surface area contributed by atoms with Crippen LogP contribution in [-0.4, -0.2) is 45.8 Å². The lowest BCUT2D eigenvalue weighted by molar-refractivity contribution is -0.384. The van der Waals surface area contributed by atoms with E-state index in [0.717, 1.165) is 4.90 Å². The molecule has 0 spiro atoms. The molecule has 0 N–H and O–H groups in total. The Morgan fingerprint density at radius 2 is 1.78 bits per heavy atom. The molecule has 3 heterocycles. The number of anilines is 1. The fourth-order valence-electron chi connectivity index (χ4n) is 4.63. The highest BCUT2D eigenvalue weighted by atomic mass is 35.5. The van der Waals surface area contributed by atoms with Gasteiger partial charge in [0.25, 0.3) is 5.69 Å². The molecule has 2 aromatic carbocycles. The summed E-state index contributed by atoms with van der Waals surface area (Å²) in [5.41, 5.74) is 0.217. The first-order valence-corrected chi connectivity index (χ1v) is 10.2. The number of nitro groups is 1. The number of fused-ring (bicyclic) bond motifs is 3. The van der Waals surface area contributed by atoms with Crippen LogP contribution in [0.5, 0.6) is 0 Å². The van der Waals surface area contributed by atoms with Gasteiger partial charge in [0.2, 0.25) is 11.8 Å². The molecule has 0 aliphatic carbocycles. The molecule has 2 saturated heterocycles. The Hall–Kier alpha value is -3.85. The lowest BCUT2D eigenvalue weighted by atomic mass is 9.86. The van der Waals surface area contributed by atoms with Crippen molar-refractivity contribution in [1.82, 2.24) is 5.01 Å². The molecule has 4 atom stereocenters. The fraction of sp³-hybridized carbons (Fsp3) is 0.182.